The largest absolute Gasteiger partial charge is 0.477 e. The SMILES string of the molecule is C[C@@]1(O)[C@H](O)C(OP2(=O)OCC[C@@H](c3cccc(Cl)c3)O2)O[C@H]1n1cnc2c(=O)[nH]c(N)nc21. The van der Waals surface area contributed by atoms with Crippen molar-refractivity contribution in [2.75, 3.05) is 12.3 Å². The monoisotopic (exact) mass is 513 g/mol. The van der Waals surface area contributed by atoms with Crippen LogP contribution < -0.4 is 11.3 Å². The van der Waals surface area contributed by atoms with E-state index in [4.69, 9.17) is 35.6 Å². The number of nitrogen functional groups attached to an aromatic ring is 1. The second-order valence-electron chi connectivity index (χ2n) is 8.13. The summed E-state index contributed by atoms with van der Waals surface area (Å²) in [6.45, 7) is 1.33. The van der Waals surface area contributed by atoms with E-state index >= 15 is 0 Å². The summed E-state index contributed by atoms with van der Waals surface area (Å²) in [6, 6.07) is 6.86. The van der Waals surface area contributed by atoms with Gasteiger partial charge in [0.2, 0.25) is 12.2 Å². The minimum Gasteiger partial charge on any atom is -0.385 e. The predicted molar refractivity (Wildman–Crippen MR) is 118 cm³/mol. The van der Waals surface area contributed by atoms with Crippen LogP contribution in [0.4, 0.5) is 5.95 Å². The third-order valence-corrected chi connectivity index (χ3v) is 7.37. The molecule has 2 aromatic heterocycles. The van der Waals surface area contributed by atoms with Gasteiger partial charge in [0, 0.05) is 11.4 Å². The van der Waals surface area contributed by atoms with Crippen LogP contribution in [0.2, 0.25) is 5.02 Å². The van der Waals surface area contributed by atoms with Gasteiger partial charge in [0.1, 0.15) is 11.7 Å². The van der Waals surface area contributed by atoms with Crippen molar-refractivity contribution in [3.05, 3.63) is 51.5 Å². The minimum atomic E-state index is -4.21. The number of aromatic nitrogens is 4. The summed E-state index contributed by atoms with van der Waals surface area (Å²) in [7, 11) is -4.21. The fourth-order valence-electron chi connectivity index (χ4n) is 3.93. The number of fused-ring (bicyclic) bond motifs is 1. The average Bonchev–Trinajstić information content (AvgIpc) is 3.27. The van der Waals surface area contributed by atoms with E-state index in [9.17, 15) is 19.6 Å². The van der Waals surface area contributed by atoms with Crippen molar-refractivity contribution in [2.24, 2.45) is 0 Å². The number of hydrogen-bond acceptors (Lipinski definition) is 11. The van der Waals surface area contributed by atoms with E-state index in [0.29, 0.717) is 17.0 Å². The molecular weight excluding hydrogens is 493 g/mol. The maximum Gasteiger partial charge on any atom is 0.477 e. The lowest BCUT2D eigenvalue weighted by atomic mass is 9.99. The Labute approximate surface area is 197 Å². The molecule has 0 radical (unpaired) electrons. The molecule has 2 saturated heterocycles. The smallest absolute Gasteiger partial charge is 0.385 e. The Hall–Kier alpha value is -2.35. The van der Waals surface area contributed by atoms with Gasteiger partial charge in [-0.25, -0.2) is 9.55 Å². The summed E-state index contributed by atoms with van der Waals surface area (Å²) in [5, 5.41) is 22.2. The third-order valence-electron chi connectivity index (χ3n) is 5.66. The lowest BCUT2D eigenvalue weighted by Crippen LogP contribution is -2.44. The first-order valence-corrected chi connectivity index (χ1v) is 12.1. The molecule has 34 heavy (non-hydrogen) atoms. The van der Waals surface area contributed by atoms with Crippen LogP contribution in [0.3, 0.4) is 0 Å². The van der Waals surface area contributed by atoms with E-state index in [1.165, 1.54) is 17.8 Å². The van der Waals surface area contributed by atoms with Crippen LogP contribution in [0.5, 0.6) is 0 Å². The molecular formula is C19H21ClN5O8P. The Morgan fingerprint density at radius 1 is 1.44 bits per heavy atom. The van der Waals surface area contributed by atoms with Gasteiger partial charge in [-0.1, -0.05) is 23.7 Å². The maximum atomic E-state index is 13.2. The topological polar surface area (TPSA) is 184 Å². The van der Waals surface area contributed by atoms with Gasteiger partial charge in [-0.05, 0) is 24.6 Å². The van der Waals surface area contributed by atoms with Crippen molar-refractivity contribution < 1.29 is 33.1 Å². The predicted octanol–water partition coefficient (Wildman–Crippen LogP) is 1.62. The highest BCUT2D eigenvalue weighted by Crippen LogP contribution is 2.59. The summed E-state index contributed by atoms with van der Waals surface area (Å²) in [4.78, 5) is 22.4. The molecule has 5 N–H and O–H groups in total. The lowest BCUT2D eigenvalue weighted by Gasteiger charge is -2.31. The molecule has 2 aliphatic heterocycles. The van der Waals surface area contributed by atoms with Gasteiger partial charge in [0.05, 0.1) is 19.0 Å². The average molecular weight is 514 g/mol. The van der Waals surface area contributed by atoms with Crippen molar-refractivity contribution in [1.82, 2.24) is 19.5 Å². The molecule has 182 valence electrons. The van der Waals surface area contributed by atoms with Gasteiger partial charge < -0.3 is 20.7 Å². The maximum absolute atomic E-state index is 13.2. The van der Waals surface area contributed by atoms with Crippen LogP contribution in [0.15, 0.2) is 35.4 Å². The van der Waals surface area contributed by atoms with Crippen LogP contribution in [0.1, 0.15) is 31.2 Å². The zero-order valence-electron chi connectivity index (χ0n) is 17.7. The summed E-state index contributed by atoms with van der Waals surface area (Å²) in [5.41, 5.74) is 3.69. The molecule has 0 amide bonds. The van der Waals surface area contributed by atoms with Gasteiger partial charge in [-0.2, -0.15) is 4.98 Å². The van der Waals surface area contributed by atoms with E-state index in [1.54, 1.807) is 24.3 Å². The first-order chi connectivity index (χ1) is 16.1. The molecule has 3 aromatic rings. The number of aliphatic hydroxyl groups is 2. The van der Waals surface area contributed by atoms with E-state index in [0.717, 1.165) is 0 Å². The quantitative estimate of drug-likeness (QED) is 0.371. The van der Waals surface area contributed by atoms with Gasteiger partial charge in [-0.3, -0.25) is 27.9 Å². The van der Waals surface area contributed by atoms with E-state index < -0.39 is 43.7 Å². The molecule has 6 atom stereocenters. The number of benzene rings is 1. The zero-order chi connectivity index (χ0) is 24.3. The number of anilines is 1. The van der Waals surface area contributed by atoms with Crippen LogP contribution in [-0.2, 0) is 22.9 Å². The molecule has 4 heterocycles. The Kier molecular flexibility index (Phi) is 5.78. The highest BCUT2D eigenvalue weighted by atomic mass is 35.5. The van der Waals surface area contributed by atoms with Crippen molar-refractivity contribution in [3.63, 3.8) is 0 Å². The van der Waals surface area contributed by atoms with Crippen LogP contribution in [0.25, 0.3) is 11.2 Å². The molecule has 0 saturated carbocycles. The number of aromatic amines is 1. The van der Waals surface area contributed by atoms with E-state index in [-0.39, 0.29) is 23.7 Å². The summed E-state index contributed by atoms with van der Waals surface area (Å²) in [5.74, 6) is -0.175. The standard InChI is InChI=1S/C19H21ClN5O8P/c1-19(28)13(26)16(31-17(19)25-8-22-12-14(25)23-18(21)24-15(12)27)33-34(29)30-6-5-11(32-34)9-3-2-4-10(20)7-9/h2-4,7-8,11,13,16-17,26,28H,5-6H2,1H3,(H3,21,23,24,27)/t11-,13+,16?,17+,19+,34?/m0/s1. The van der Waals surface area contributed by atoms with Gasteiger partial charge in [0.25, 0.3) is 5.56 Å². The summed E-state index contributed by atoms with van der Waals surface area (Å²) >= 11 is 6.04. The normalized spacial score (nSPS) is 34.0. The molecule has 13 nitrogen and oxygen atoms in total. The highest BCUT2D eigenvalue weighted by molar-refractivity contribution is 7.48. The van der Waals surface area contributed by atoms with Crippen LogP contribution in [0, 0.1) is 0 Å². The Bertz CT molecular complexity index is 1350. The molecule has 1 aromatic carbocycles. The second-order valence-corrected chi connectivity index (χ2v) is 10.1. The molecule has 0 aliphatic carbocycles. The first-order valence-electron chi connectivity index (χ1n) is 10.2. The minimum absolute atomic E-state index is 0.0113. The second kappa shape index (κ2) is 8.40. The number of aliphatic hydroxyl groups excluding tert-OH is 1. The first kappa shape index (κ1) is 23.4. The highest BCUT2D eigenvalue weighted by Gasteiger charge is 2.57. The Balaban J connectivity index is 1.40. The van der Waals surface area contributed by atoms with Gasteiger partial charge >= 0.3 is 7.82 Å². The van der Waals surface area contributed by atoms with Crippen LogP contribution in [-0.4, -0.2) is 54.3 Å². The number of nitrogens with two attached hydrogens (primary N) is 1. The van der Waals surface area contributed by atoms with Crippen molar-refractivity contribution in [1.29, 1.82) is 0 Å². The molecule has 0 bridgehead atoms. The Morgan fingerprint density at radius 3 is 3.00 bits per heavy atom. The Morgan fingerprint density at radius 2 is 2.24 bits per heavy atom. The molecule has 2 aliphatic rings. The zero-order valence-corrected chi connectivity index (χ0v) is 19.3. The molecule has 2 fully saturated rings. The number of ether oxygens (including phenoxy) is 1. The number of nitrogens with zero attached hydrogens (tertiary/aromatic N) is 3. The lowest BCUT2D eigenvalue weighted by molar-refractivity contribution is -0.145. The number of phosphoric ester groups is 1. The number of nitrogens with one attached hydrogen (secondary N) is 1. The van der Waals surface area contributed by atoms with Crippen molar-refractivity contribution >= 4 is 36.5 Å². The number of rotatable bonds is 4. The number of imidazole rings is 1. The molecule has 0 spiro atoms. The fourth-order valence-corrected chi connectivity index (χ4v) is 5.59. The van der Waals surface area contributed by atoms with E-state index in [1.807, 2.05) is 0 Å². The van der Waals surface area contributed by atoms with E-state index in [2.05, 4.69) is 15.0 Å². The molecule has 15 heteroatoms. The number of hydrogen-bond donors (Lipinski definition) is 4. The fraction of sp³-hybridized carbons (Fsp3) is 0.421. The van der Waals surface area contributed by atoms with Crippen molar-refractivity contribution in [3.8, 4) is 0 Å². The van der Waals surface area contributed by atoms with Gasteiger partial charge in [0.15, 0.2) is 17.4 Å². The molecule has 5 rings (SSSR count). The number of H-pyrrole nitrogens is 1. The number of halogens is 1. The summed E-state index contributed by atoms with van der Waals surface area (Å²) < 4.78 is 36.5. The summed E-state index contributed by atoms with van der Waals surface area (Å²) in [6.07, 6.45) is -3.66. The molecule has 2 unspecified atom stereocenters. The van der Waals surface area contributed by atoms with Gasteiger partial charge in [-0.15, -0.1) is 0 Å². The van der Waals surface area contributed by atoms with Crippen molar-refractivity contribution in [2.45, 2.75) is 43.7 Å². The number of phosphoric acid groups is 1. The third kappa shape index (κ3) is 4.04. The van der Waals surface area contributed by atoms with Crippen LogP contribution >= 0.6 is 19.4 Å².